The molecule has 1 amide bonds. The maximum atomic E-state index is 12.6. The first kappa shape index (κ1) is 18.9. The summed E-state index contributed by atoms with van der Waals surface area (Å²) >= 11 is 13.3. The molecule has 8 heteroatoms. The Morgan fingerprint density at radius 1 is 1.27 bits per heavy atom. The minimum absolute atomic E-state index is 0.0342. The summed E-state index contributed by atoms with van der Waals surface area (Å²) in [7, 11) is 1.52. The highest BCUT2D eigenvalue weighted by Crippen LogP contribution is 2.41. The van der Waals surface area contributed by atoms with Gasteiger partial charge < -0.3 is 14.7 Å². The van der Waals surface area contributed by atoms with Gasteiger partial charge in [-0.3, -0.25) is 9.59 Å². The van der Waals surface area contributed by atoms with Gasteiger partial charge in [0.25, 0.3) is 11.7 Å². The highest BCUT2D eigenvalue weighted by molar-refractivity contribution is 7.10. The number of hydrogen-bond acceptors (Lipinski definition) is 5. The van der Waals surface area contributed by atoms with Gasteiger partial charge in [-0.25, -0.2) is 0 Å². The van der Waals surface area contributed by atoms with Crippen LogP contribution in [-0.2, 0) is 14.3 Å². The molecule has 26 heavy (non-hydrogen) atoms. The molecule has 136 valence electrons. The minimum atomic E-state index is -0.733. The Morgan fingerprint density at radius 2 is 2.04 bits per heavy atom. The van der Waals surface area contributed by atoms with Crippen molar-refractivity contribution in [2.75, 3.05) is 20.3 Å². The van der Waals surface area contributed by atoms with Crippen LogP contribution >= 0.6 is 34.5 Å². The van der Waals surface area contributed by atoms with E-state index in [2.05, 4.69) is 0 Å². The summed E-state index contributed by atoms with van der Waals surface area (Å²) in [6, 6.07) is 7.53. The van der Waals surface area contributed by atoms with Crippen molar-refractivity contribution in [3.8, 4) is 0 Å². The summed E-state index contributed by atoms with van der Waals surface area (Å²) in [5, 5.41) is 13.2. The Balaban J connectivity index is 2.14. The summed E-state index contributed by atoms with van der Waals surface area (Å²) in [5.74, 6) is -1.68. The fraction of sp³-hybridized carbons (Fsp3) is 0.222. The molecule has 0 spiro atoms. The van der Waals surface area contributed by atoms with E-state index in [0.717, 1.165) is 4.88 Å². The SMILES string of the molecule is COCCN1C(=O)C(=O)/C(=C(\O)c2ccc(Cl)c(Cl)c2)C1c1cccs1. The van der Waals surface area contributed by atoms with Gasteiger partial charge in [-0.15, -0.1) is 11.3 Å². The normalized spacial score (nSPS) is 19.3. The number of Topliss-reactive ketones (excluding diaryl/α,β-unsaturated/α-hetero) is 1. The number of amides is 1. The Hall–Kier alpha value is -1.86. The molecule has 1 N–H and O–H groups in total. The molecule has 3 rings (SSSR count). The first-order valence-electron chi connectivity index (χ1n) is 7.72. The summed E-state index contributed by atoms with van der Waals surface area (Å²) < 4.78 is 5.05. The highest BCUT2D eigenvalue weighted by Gasteiger charge is 2.46. The van der Waals surface area contributed by atoms with Crippen LogP contribution in [0.15, 0.2) is 41.3 Å². The topological polar surface area (TPSA) is 66.8 Å². The van der Waals surface area contributed by atoms with Crippen molar-refractivity contribution in [1.82, 2.24) is 4.90 Å². The number of nitrogens with zero attached hydrogens (tertiary/aromatic N) is 1. The molecule has 0 aliphatic carbocycles. The fourth-order valence-electron chi connectivity index (χ4n) is 2.84. The van der Waals surface area contributed by atoms with Gasteiger partial charge in [0.15, 0.2) is 0 Å². The maximum Gasteiger partial charge on any atom is 0.295 e. The molecule has 1 aromatic heterocycles. The lowest BCUT2D eigenvalue weighted by atomic mass is 10.00. The number of carbonyl (C=O) groups excluding carboxylic acids is 2. The van der Waals surface area contributed by atoms with Crippen molar-refractivity contribution >= 4 is 52.0 Å². The van der Waals surface area contributed by atoms with Crippen LogP contribution < -0.4 is 0 Å². The number of halogens is 2. The van der Waals surface area contributed by atoms with Crippen LogP contribution in [-0.4, -0.2) is 42.0 Å². The minimum Gasteiger partial charge on any atom is -0.507 e. The maximum absolute atomic E-state index is 12.6. The van der Waals surface area contributed by atoms with Gasteiger partial charge in [0.1, 0.15) is 5.76 Å². The van der Waals surface area contributed by atoms with Crippen molar-refractivity contribution in [3.05, 3.63) is 61.8 Å². The summed E-state index contributed by atoms with van der Waals surface area (Å²) in [6.07, 6.45) is 0. The molecule has 0 radical (unpaired) electrons. The van der Waals surface area contributed by atoms with E-state index in [1.54, 1.807) is 6.07 Å². The molecule has 1 unspecified atom stereocenters. The summed E-state index contributed by atoms with van der Waals surface area (Å²) in [5.41, 5.74) is 0.359. The number of likely N-dealkylation sites (tertiary alicyclic amines) is 1. The van der Waals surface area contributed by atoms with Crippen LogP contribution in [0.1, 0.15) is 16.5 Å². The standard InChI is InChI=1S/C18H15Cl2NO4S/c1-25-7-6-21-15(13-3-2-8-26-13)14(17(23)18(21)24)16(22)10-4-5-11(19)12(20)9-10/h2-5,8-9,15,22H,6-7H2,1H3/b16-14-. The molecular weight excluding hydrogens is 397 g/mol. The monoisotopic (exact) mass is 411 g/mol. The smallest absolute Gasteiger partial charge is 0.295 e. The van der Waals surface area contributed by atoms with Crippen LogP contribution in [0.4, 0.5) is 0 Å². The van der Waals surface area contributed by atoms with Crippen molar-refractivity contribution < 1.29 is 19.4 Å². The van der Waals surface area contributed by atoms with Crippen molar-refractivity contribution in [2.24, 2.45) is 0 Å². The molecule has 0 bridgehead atoms. The summed E-state index contributed by atoms with van der Waals surface area (Å²) in [4.78, 5) is 27.4. The van der Waals surface area contributed by atoms with E-state index >= 15 is 0 Å². The Labute approximate surface area is 164 Å². The second-order valence-electron chi connectivity index (χ2n) is 5.63. The van der Waals surface area contributed by atoms with Gasteiger partial charge in [-0.05, 0) is 29.6 Å². The molecular formula is C18H15Cl2NO4S. The quantitative estimate of drug-likeness (QED) is 0.456. The van der Waals surface area contributed by atoms with E-state index in [-0.39, 0.29) is 29.5 Å². The van der Waals surface area contributed by atoms with Crippen molar-refractivity contribution in [3.63, 3.8) is 0 Å². The number of thiophene rings is 1. The van der Waals surface area contributed by atoms with Gasteiger partial charge in [0.05, 0.1) is 28.3 Å². The van der Waals surface area contributed by atoms with Gasteiger partial charge in [0, 0.05) is 24.1 Å². The molecule has 1 atom stereocenters. The lowest BCUT2D eigenvalue weighted by Crippen LogP contribution is -2.32. The molecule has 1 saturated heterocycles. The molecule has 2 heterocycles. The Morgan fingerprint density at radius 3 is 2.65 bits per heavy atom. The molecule has 5 nitrogen and oxygen atoms in total. The summed E-state index contributed by atoms with van der Waals surface area (Å²) in [6.45, 7) is 0.517. The predicted molar refractivity (Wildman–Crippen MR) is 102 cm³/mol. The average Bonchev–Trinajstić information content (AvgIpc) is 3.23. The third-order valence-corrected chi connectivity index (χ3v) is 5.75. The Bertz CT molecular complexity index is 879. The number of methoxy groups -OCH3 is 1. The van der Waals surface area contributed by atoms with Crippen LogP contribution in [0.2, 0.25) is 10.0 Å². The lowest BCUT2D eigenvalue weighted by molar-refractivity contribution is -0.140. The van der Waals surface area contributed by atoms with E-state index in [1.807, 2.05) is 17.5 Å². The van der Waals surface area contributed by atoms with Crippen LogP contribution in [0.3, 0.4) is 0 Å². The largest absolute Gasteiger partial charge is 0.507 e. The number of carbonyl (C=O) groups is 2. The average molecular weight is 412 g/mol. The lowest BCUT2D eigenvalue weighted by Gasteiger charge is -2.23. The van der Waals surface area contributed by atoms with E-state index < -0.39 is 17.7 Å². The van der Waals surface area contributed by atoms with Crippen LogP contribution in [0.25, 0.3) is 5.76 Å². The van der Waals surface area contributed by atoms with E-state index in [1.165, 1.54) is 35.5 Å². The first-order chi connectivity index (χ1) is 12.5. The number of rotatable bonds is 5. The van der Waals surface area contributed by atoms with Gasteiger partial charge in [-0.1, -0.05) is 29.3 Å². The second kappa shape index (κ2) is 7.80. The van der Waals surface area contributed by atoms with Gasteiger partial charge in [0.2, 0.25) is 0 Å². The van der Waals surface area contributed by atoms with E-state index in [9.17, 15) is 14.7 Å². The number of ketones is 1. The molecule has 0 saturated carbocycles. The van der Waals surface area contributed by atoms with E-state index in [4.69, 9.17) is 27.9 Å². The number of hydrogen-bond donors (Lipinski definition) is 1. The first-order valence-corrected chi connectivity index (χ1v) is 9.35. The third-order valence-electron chi connectivity index (χ3n) is 4.08. The molecule has 1 aliphatic rings. The zero-order valence-corrected chi connectivity index (χ0v) is 16.1. The molecule has 1 aromatic carbocycles. The number of benzene rings is 1. The van der Waals surface area contributed by atoms with Gasteiger partial charge >= 0.3 is 0 Å². The number of ether oxygens (including phenoxy) is 1. The second-order valence-corrected chi connectivity index (χ2v) is 7.42. The predicted octanol–water partition coefficient (Wildman–Crippen LogP) is 4.12. The molecule has 1 fully saturated rings. The zero-order chi connectivity index (χ0) is 18.8. The van der Waals surface area contributed by atoms with Crippen molar-refractivity contribution in [1.29, 1.82) is 0 Å². The number of aliphatic hydroxyl groups excluding tert-OH is 1. The zero-order valence-electron chi connectivity index (χ0n) is 13.7. The Kier molecular flexibility index (Phi) is 5.67. The van der Waals surface area contributed by atoms with Gasteiger partial charge in [-0.2, -0.15) is 0 Å². The number of aliphatic hydroxyl groups is 1. The van der Waals surface area contributed by atoms with Crippen LogP contribution in [0, 0.1) is 0 Å². The molecule has 1 aliphatic heterocycles. The van der Waals surface area contributed by atoms with E-state index in [0.29, 0.717) is 10.6 Å². The van der Waals surface area contributed by atoms with Crippen molar-refractivity contribution in [2.45, 2.75) is 6.04 Å². The highest BCUT2D eigenvalue weighted by atomic mass is 35.5. The third kappa shape index (κ3) is 3.38. The van der Waals surface area contributed by atoms with Crippen LogP contribution in [0.5, 0.6) is 0 Å². The molecule has 2 aromatic rings. The fourth-order valence-corrected chi connectivity index (χ4v) is 3.99.